The van der Waals surface area contributed by atoms with Crippen molar-refractivity contribution in [3.05, 3.63) is 91.0 Å². The fourth-order valence-electron chi connectivity index (χ4n) is 5.85. The zero-order valence-corrected chi connectivity index (χ0v) is 17.9. The lowest BCUT2D eigenvalue weighted by molar-refractivity contribution is 0.671. The van der Waals surface area contributed by atoms with Crippen molar-refractivity contribution in [2.24, 2.45) is 0 Å². The molecule has 0 N–H and O–H groups in total. The number of fused-ring (bicyclic) bond motifs is 13. The van der Waals surface area contributed by atoms with E-state index in [0.717, 1.165) is 65.9 Å². The molecule has 9 rings (SSSR count). The number of rotatable bonds is 0. The van der Waals surface area contributed by atoms with Gasteiger partial charge in [-0.3, -0.25) is 4.40 Å². The lowest BCUT2D eigenvalue weighted by atomic mass is 10.1. The maximum absolute atomic E-state index is 6.46. The maximum Gasteiger partial charge on any atom is 0.165 e. The second kappa shape index (κ2) is 5.61. The van der Waals surface area contributed by atoms with Crippen LogP contribution in [0.2, 0.25) is 0 Å². The molecular weight excluding hydrogens is 418 g/mol. The zero-order chi connectivity index (χ0) is 22.0. The molecule has 0 aliphatic heterocycles. The SMILES string of the molecule is c1ccc2c(c1)ccc1nc3c4cccc5c6ccc7c8ccccc8oc7c6n(c3nc12)c54. The molecular formula is C30H15N3O. The molecule has 0 saturated heterocycles. The summed E-state index contributed by atoms with van der Waals surface area (Å²) in [6, 6.07) is 31.7. The molecule has 4 heterocycles. The molecule has 0 spiro atoms. The van der Waals surface area contributed by atoms with Gasteiger partial charge in [0.2, 0.25) is 0 Å². The molecule has 156 valence electrons. The van der Waals surface area contributed by atoms with Crippen LogP contribution in [-0.2, 0) is 0 Å². The smallest absolute Gasteiger partial charge is 0.165 e. The van der Waals surface area contributed by atoms with Gasteiger partial charge >= 0.3 is 0 Å². The third-order valence-electron chi connectivity index (χ3n) is 7.30. The third-order valence-corrected chi connectivity index (χ3v) is 7.30. The Morgan fingerprint density at radius 2 is 1.29 bits per heavy atom. The second-order valence-corrected chi connectivity index (χ2v) is 9.02. The molecule has 0 unspecified atom stereocenters. The molecule has 4 nitrogen and oxygen atoms in total. The highest BCUT2D eigenvalue weighted by atomic mass is 16.3. The van der Waals surface area contributed by atoms with Crippen molar-refractivity contribution < 1.29 is 4.42 Å². The van der Waals surface area contributed by atoms with Gasteiger partial charge in [-0.15, -0.1) is 0 Å². The molecule has 0 aliphatic carbocycles. The first kappa shape index (κ1) is 16.9. The highest BCUT2D eigenvalue weighted by Gasteiger charge is 2.23. The number of hydrogen-bond acceptors (Lipinski definition) is 3. The Balaban J connectivity index is 1.61. The molecule has 5 aromatic carbocycles. The van der Waals surface area contributed by atoms with Crippen molar-refractivity contribution >= 4 is 82.1 Å². The molecule has 34 heavy (non-hydrogen) atoms. The summed E-state index contributed by atoms with van der Waals surface area (Å²) in [7, 11) is 0. The third kappa shape index (κ3) is 1.84. The lowest BCUT2D eigenvalue weighted by Gasteiger charge is -2.04. The number of aromatic nitrogens is 3. The van der Waals surface area contributed by atoms with Crippen LogP contribution < -0.4 is 0 Å². The van der Waals surface area contributed by atoms with Gasteiger partial charge in [-0.25, -0.2) is 9.97 Å². The number of benzene rings is 5. The quantitative estimate of drug-likeness (QED) is 0.229. The van der Waals surface area contributed by atoms with Gasteiger partial charge in [0, 0.05) is 32.3 Å². The van der Waals surface area contributed by atoms with Gasteiger partial charge in [0.05, 0.1) is 22.1 Å². The van der Waals surface area contributed by atoms with Crippen molar-refractivity contribution in [1.29, 1.82) is 0 Å². The topological polar surface area (TPSA) is 43.3 Å². The van der Waals surface area contributed by atoms with E-state index in [9.17, 15) is 0 Å². The van der Waals surface area contributed by atoms with Crippen LogP contribution in [0.25, 0.3) is 82.1 Å². The van der Waals surface area contributed by atoms with Crippen LogP contribution in [0.15, 0.2) is 95.4 Å². The Bertz CT molecular complexity index is 2290. The largest absolute Gasteiger partial charge is 0.454 e. The summed E-state index contributed by atoms with van der Waals surface area (Å²) in [6.45, 7) is 0. The van der Waals surface area contributed by atoms with Gasteiger partial charge in [-0.2, -0.15) is 0 Å². The molecule has 9 aromatic rings. The van der Waals surface area contributed by atoms with Gasteiger partial charge in [-0.05, 0) is 23.6 Å². The summed E-state index contributed by atoms with van der Waals surface area (Å²) in [5, 5.41) is 8.03. The van der Waals surface area contributed by atoms with Crippen LogP contribution in [0.1, 0.15) is 0 Å². The van der Waals surface area contributed by atoms with E-state index >= 15 is 0 Å². The fraction of sp³-hybridized carbons (Fsp3) is 0. The molecule has 4 heteroatoms. The number of para-hydroxylation sites is 2. The Kier molecular flexibility index (Phi) is 2.78. The Morgan fingerprint density at radius 1 is 0.529 bits per heavy atom. The standard InChI is InChI=1S/C30H15N3O/c1-2-7-17-16(6-1)12-15-23-25(17)32-30-26(31-23)22-10-5-9-19-20-13-14-21-18-8-3-4-11-24(18)34-29(21)28(20)33(30)27(19)22/h1-15H. The summed E-state index contributed by atoms with van der Waals surface area (Å²) in [5.74, 6) is 0. The normalized spacial score (nSPS) is 12.7. The molecule has 0 amide bonds. The Morgan fingerprint density at radius 3 is 2.26 bits per heavy atom. The highest BCUT2D eigenvalue weighted by Crippen LogP contribution is 2.43. The van der Waals surface area contributed by atoms with Gasteiger partial charge in [0.25, 0.3) is 0 Å². The monoisotopic (exact) mass is 433 g/mol. The first-order valence-electron chi connectivity index (χ1n) is 11.4. The van der Waals surface area contributed by atoms with E-state index in [4.69, 9.17) is 14.4 Å². The van der Waals surface area contributed by atoms with Crippen molar-refractivity contribution in [3.8, 4) is 0 Å². The maximum atomic E-state index is 6.46. The fourth-order valence-corrected chi connectivity index (χ4v) is 5.85. The average molecular weight is 433 g/mol. The predicted molar refractivity (Wildman–Crippen MR) is 139 cm³/mol. The second-order valence-electron chi connectivity index (χ2n) is 9.02. The lowest BCUT2D eigenvalue weighted by Crippen LogP contribution is -1.90. The number of hydrogen-bond donors (Lipinski definition) is 0. The van der Waals surface area contributed by atoms with E-state index in [2.05, 4.69) is 83.3 Å². The summed E-state index contributed by atoms with van der Waals surface area (Å²) in [6.07, 6.45) is 0. The molecule has 4 aromatic heterocycles. The van der Waals surface area contributed by atoms with Gasteiger partial charge < -0.3 is 4.42 Å². The first-order valence-corrected chi connectivity index (χ1v) is 11.4. The van der Waals surface area contributed by atoms with Crippen LogP contribution in [0.4, 0.5) is 0 Å². The van der Waals surface area contributed by atoms with Crippen molar-refractivity contribution in [2.45, 2.75) is 0 Å². The molecule has 0 radical (unpaired) electrons. The van der Waals surface area contributed by atoms with E-state index in [-0.39, 0.29) is 0 Å². The zero-order valence-electron chi connectivity index (χ0n) is 17.9. The number of furan rings is 1. The summed E-state index contributed by atoms with van der Waals surface area (Å²) < 4.78 is 8.74. The predicted octanol–water partition coefficient (Wildman–Crippen LogP) is 7.83. The van der Waals surface area contributed by atoms with E-state index in [1.807, 2.05) is 12.1 Å². The average Bonchev–Trinajstić information content (AvgIpc) is 3.54. The van der Waals surface area contributed by atoms with Crippen LogP contribution >= 0.6 is 0 Å². The van der Waals surface area contributed by atoms with Gasteiger partial charge in [0.15, 0.2) is 11.2 Å². The van der Waals surface area contributed by atoms with Gasteiger partial charge in [0.1, 0.15) is 11.1 Å². The van der Waals surface area contributed by atoms with Crippen molar-refractivity contribution in [2.75, 3.05) is 0 Å². The number of nitrogens with zero attached hydrogens (tertiary/aromatic N) is 3. The van der Waals surface area contributed by atoms with Gasteiger partial charge in [-0.1, -0.05) is 72.8 Å². The summed E-state index contributed by atoms with van der Waals surface area (Å²) >= 11 is 0. The van der Waals surface area contributed by atoms with E-state index in [1.165, 1.54) is 16.2 Å². The highest BCUT2D eigenvalue weighted by molar-refractivity contribution is 6.27. The summed E-state index contributed by atoms with van der Waals surface area (Å²) in [4.78, 5) is 10.4. The minimum absolute atomic E-state index is 0.873. The van der Waals surface area contributed by atoms with Crippen LogP contribution in [0, 0.1) is 0 Å². The van der Waals surface area contributed by atoms with E-state index in [0.29, 0.717) is 0 Å². The Labute approximate surface area is 192 Å². The minimum Gasteiger partial charge on any atom is -0.454 e. The minimum atomic E-state index is 0.873. The molecule has 0 saturated carbocycles. The Hall–Kier alpha value is -4.70. The van der Waals surface area contributed by atoms with E-state index in [1.54, 1.807) is 0 Å². The van der Waals surface area contributed by atoms with Crippen molar-refractivity contribution in [1.82, 2.24) is 14.4 Å². The van der Waals surface area contributed by atoms with Crippen molar-refractivity contribution in [3.63, 3.8) is 0 Å². The van der Waals surface area contributed by atoms with Crippen LogP contribution in [-0.4, -0.2) is 14.4 Å². The molecule has 0 atom stereocenters. The molecule has 0 fully saturated rings. The molecule has 0 bridgehead atoms. The van der Waals surface area contributed by atoms with Crippen LogP contribution in [0.3, 0.4) is 0 Å². The van der Waals surface area contributed by atoms with E-state index < -0.39 is 0 Å². The summed E-state index contributed by atoms with van der Waals surface area (Å²) in [5.41, 5.74) is 7.65. The van der Waals surface area contributed by atoms with Crippen LogP contribution in [0.5, 0.6) is 0 Å². The first-order chi connectivity index (χ1) is 16.9. The molecule has 0 aliphatic rings.